The van der Waals surface area contributed by atoms with Crippen LogP contribution in [0.4, 0.5) is 0 Å². The van der Waals surface area contributed by atoms with Crippen molar-refractivity contribution >= 4 is 33.2 Å². The van der Waals surface area contributed by atoms with Crippen molar-refractivity contribution in [3.8, 4) is 0 Å². The van der Waals surface area contributed by atoms with E-state index in [9.17, 15) is 9.59 Å². The number of amides is 2. The second-order valence-electron chi connectivity index (χ2n) is 8.49. The van der Waals surface area contributed by atoms with Crippen molar-refractivity contribution in [1.29, 1.82) is 0 Å². The SMILES string of the molecule is CN(C)CC(=O)N1CCCCC1Cc1c(C(=O)N2CCOCC2)sc2ccccc12. The molecule has 0 aliphatic carbocycles. The Balaban J connectivity index is 1.65. The molecule has 0 saturated carbocycles. The van der Waals surface area contributed by atoms with Gasteiger partial charge < -0.3 is 19.4 Å². The molecule has 0 spiro atoms. The predicted octanol–water partition coefficient (Wildman–Crippen LogP) is 2.86. The van der Waals surface area contributed by atoms with Crippen molar-refractivity contribution in [1.82, 2.24) is 14.7 Å². The van der Waals surface area contributed by atoms with Crippen molar-refractivity contribution in [3.05, 3.63) is 34.7 Å². The largest absolute Gasteiger partial charge is 0.378 e. The van der Waals surface area contributed by atoms with Crippen LogP contribution < -0.4 is 0 Å². The molecule has 1 unspecified atom stereocenters. The van der Waals surface area contributed by atoms with E-state index in [4.69, 9.17) is 4.74 Å². The minimum atomic E-state index is 0.108. The van der Waals surface area contributed by atoms with Crippen molar-refractivity contribution < 1.29 is 14.3 Å². The number of carbonyl (C=O) groups is 2. The molecular weight excluding hydrogens is 398 g/mol. The third kappa shape index (κ3) is 4.53. The maximum Gasteiger partial charge on any atom is 0.264 e. The molecular formula is C23H31N3O3S. The van der Waals surface area contributed by atoms with Gasteiger partial charge in [0.1, 0.15) is 0 Å². The van der Waals surface area contributed by atoms with E-state index in [1.165, 1.54) is 0 Å². The maximum absolute atomic E-state index is 13.4. The van der Waals surface area contributed by atoms with Crippen LogP contribution in [0.15, 0.2) is 24.3 Å². The van der Waals surface area contributed by atoms with Crippen LogP contribution in [-0.4, -0.2) is 86.0 Å². The van der Waals surface area contributed by atoms with Gasteiger partial charge in [-0.3, -0.25) is 9.59 Å². The number of benzene rings is 1. The van der Waals surface area contributed by atoms with E-state index < -0.39 is 0 Å². The van der Waals surface area contributed by atoms with E-state index in [2.05, 4.69) is 17.0 Å². The highest BCUT2D eigenvalue weighted by molar-refractivity contribution is 7.21. The molecule has 0 N–H and O–H groups in total. The summed E-state index contributed by atoms with van der Waals surface area (Å²) in [5.74, 6) is 0.293. The fourth-order valence-corrected chi connectivity index (χ4v) is 5.72. The van der Waals surface area contributed by atoms with Gasteiger partial charge in [-0.1, -0.05) is 18.2 Å². The summed E-state index contributed by atoms with van der Waals surface area (Å²) in [6, 6.07) is 8.43. The van der Waals surface area contributed by atoms with Crippen molar-refractivity contribution in [2.75, 3.05) is 53.5 Å². The summed E-state index contributed by atoms with van der Waals surface area (Å²) in [6.07, 6.45) is 3.92. The number of likely N-dealkylation sites (tertiary alicyclic amines) is 1. The quantitative estimate of drug-likeness (QED) is 0.734. The maximum atomic E-state index is 13.4. The second kappa shape index (κ2) is 9.45. The number of rotatable bonds is 5. The topological polar surface area (TPSA) is 53.1 Å². The summed E-state index contributed by atoms with van der Waals surface area (Å²) >= 11 is 1.59. The van der Waals surface area contributed by atoms with E-state index in [1.807, 2.05) is 36.0 Å². The van der Waals surface area contributed by atoms with Crippen LogP contribution >= 0.6 is 11.3 Å². The number of nitrogens with zero attached hydrogens (tertiary/aromatic N) is 3. The van der Waals surface area contributed by atoms with Crippen LogP contribution in [0.3, 0.4) is 0 Å². The van der Waals surface area contributed by atoms with Crippen LogP contribution in [0.5, 0.6) is 0 Å². The highest BCUT2D eigenvalue weighted by atomic mass is 32.1. The van der Waals surface area contributed by atoms with E-state index in [0.717, 1.165) is 52.8 Å². The van der Waals surface area contributed by atoms with E-state index >= 15 is 0 Å². The Morgan fingerprint density at radius 2 is 1.90 bits per heavy atom. The average Bonchev–Trinajstić information content (AvgIpc) is 3.12. The molecule has 0 radical (unpaired) electrons. The Hall–Kier alpha value is -1.96. The second-order valence-corrected chi connectivity index (χ2v) is 9.54. The summed E-state index contributed by atoms with van der Waals surface area (Å²) in [6.45, 7) is 3.72. The number of ether oxygens (including phenoxy) is 1. The zero-order valence-corrected chi connectivity index (χ0v) is 18.7. The molecule has 1 atom stereocenters. The zero-order chi connectivity index (χ0) is 21.1. The number of likely N-dealkylation sites (N-methyl/N-ethyl adjacent to an activating group) is 1. The van der Waals surface area contributed by atoms with Gasteiger partial charge in [0.15, 0.2) is 0 Å². The minimum absolute atomic E-state index is 0.108. The average molecular weight is 430 g/mol. The molecule has 2 amide bonds. The Bertz CT molecular complexity index is 904. The van der Waals surface area contributed by atoms with Gasteiger partial charge >= 0.3 is 0 Å². The molecule has 6 nitrogen and oxygen atoms in total. The Morgan fingerprint density at radius 1 is 1.13 bits per heavy atom. The van der Waals surface area contributed by atoms with Gasteiger partial charge in [0.2, 0.25) is 5.91 Å². The lowest BCUT2D eigenvalue weighted by molar-refractivity contribution is -0.135. The van der Waals surface area contributed by atoms with Gasteiger partial charge in [-0.25, -0.2) is 0 Å². The zero-order valence-electron chi connectivity index (χ0n) is 17.9. The van der Waals surface area contributed by atoms with Gasteiger partial charge in [-0.05, 0) is 56.8 Å². The third-order valence-corrected chi connectivity index (χ3v) is 7.23. The van der Waals surface area contributed by atoms with Crippen LogP contribution in [-0.2, 0) is 16.0 Å². The summed E-state index contributed by atoms with van der Waals surface area (Å²) in [5.41, 5.74) is 1.11. The molecule has 0 bridgehead atoms. The third-order valence-electron chi connectivity index (χ3n) is 6.03. The molecule has 2 saturated heterocycles. The van der Waals surface area contributed by atoms with Gasteiger partial charge in [0.05, 0.1) is 24.6 Å². The van der Waals surface area contributed by atoms with Gasteiger partial charge in [-0.15, -0.1) is 11.3 Å². The molecule has 2 aromatic rings. The lowest BCUT2D eigenvalue weighted by Gasteiger charge is -2.37. The Labute approximate surface area is 182 Å². The molecule has 7 heteroatoms. The predicted molar refractivity (Wildman–Crippen MR) is 120 cm³/mol. The fraction of sp³-hybridized carbons (Fsp3) is 0.565. The van der Waals surface area contributed by atoms with Crippen molar-refractivity contribution in [2.24, 2.45) is 0 Å². The van der Waals surface area contributed by atoms with Crippen molar-refractivity contribution in [3.63, 3.8) is 0 Å². The van der Waals surface area contributed by atoms with Crippen LogP contribution in [0.25, 0.3) is 10.1 Å². The van der Waals surface area contributed by atoms with Crippen LogP contribution in [0, 0.1) is 0 Å². The molecule has 162 valence electrons. The summed E-state index contributed by atoms with van der Waals surface area (Å²) in [4.78, 5) is 33.0. The van der Waals surface area contributed by atoms with E-state index in [-0.39, 0.29) is 17.9 Å². The summed E-state index contributed by atoms with van der Waals surface area (Å²) in [7, 11) is 3.87. The molecule has 2 aliphatic rings. The first-order valence-electron chi connectivity index (χ1n) is 10.9. The smallest absolute Gasteiger partial charge is 0.264 e. The number of fused-ring (bicyclic) bond motifs is 1. The van der Waals surface area contributed by atoms with Crippen molar-refractivity contribution in [2.45, 2.75) is 31.7 Å². The summed E-state index contributed by atoms with van der Waals surface area (Å²) in [5, 5.41) is 1.16. The highest BCUT2D eigenvalue weighted by Gasteiger charge is 2.31. The van der Waals surface area contributed by atoms with Gasteiger partial charge in [0.25, 0.3) is 5.91 Å². The number of carbonyl (C=O) groups excluding carboxylic acids is 2. The van der Waals surface area contributed by atoms with Crippen LogP contribution in [0.2, 0.25) is 0 Å². The lowest BCUT2D eigenvalue weighted by atomic mass is 9.93. The van der Waals surface area contributed by atoms with E-state index in [1.54, 1.807) is 11.3 Å². The molecule has 4 rings (SSSR count). The van der Waals surface area contributed by atoms with Gasteiger partial charge in [-0.2, -0.15) is 0 Å². The summed E-state index contributed by atoms with van der Waals surface area (Å²) < 4.78 is 6.57. The fourth-order valence-electron chi connectivity index (χ4n) is 4.52. The minimum Gasteiger partial charge on any atom is -0.378 e. The number of morpholine rings is 1. The standard InChI is InChI=1S/C23H31N3O3S/c1-24(2)16-21(27)26-10-6-5-7-17(26)15-19-18-8-3-4-9-20(18)30-22(19)23(28)25-11-13-29-14-12-25/h3-4,8-9,17H,5-7,10-16H2,1-2H3. The highest BCUT2D eigenvalue weighted by Crippen LogP contribution is 2.35. The molecule has 3 heterocycles. The normalized spacial score (nSPS) is 20.2. The van der Waals surface area contributed by atoms with Crippen LogP contribution in [0.1, 0.15) is 34.5 Å². The first-order valence-corrected chi connectivity index (χ1v) is 11.7. The lowest BCUT2D eigenvalue weighted by Crippen LogP contribution is -2.48. The number of hydrogen-bond donors (Lipinski definition) is 0. The molecule has 1 aromatic heterocycles. The number of thiophene rings is 1. The molecule has 2 fully saturated rings. The van der Waals surface area contributed by atoms with Gasteiger partial charge in [0, 0.05) is 30.4 Å². The Morgan fingerprint density at radius 3 is 2.67 bits per heavy atom. The molecule has 2 aliphatic heterocycles. The molecule has 1 aromatic carbocycles. The van der Waals surface area contributed by atoms with E-state index in [0.29, 0.717) is 32.8 Å². The monoisotopic (exact) mass is 429 g/mol. The first kappa shape index (κ1) is 21.3. The number of piperidine rings is 1. The Kier molecular flexibility index (Phi) is 6.71. The molecule has 30 heavy (non-hydrogen) atoms. The number of hydrogen-bond acceptors (Lipinski definition) is 5. The first-order chi connectivity index (χ1) is 14.5.